The molecule has 4 fully saturated rings. The second kappa shape index (κ2) is 17.2. The Hall–Kier alpha value is -3.69. The molecule has 60 heavy (non-hydrogen) atoms. The monoisotopic (exact) mass is 854 g/mol. The highest BCUT2D eigenvalue weighted by Gasteiger charge is 2.71. The van der Waals surface area contributed by atoms with Crippen molar-refractivity contribution in [3.05, 3.63) is 35.5 Å². The van der Waals surface area contributed by atoms with Gasteiger partial charge in [-0.25, -0.2) is 19.2 Å². The molecule has 328 valence electrons. The lowest BCUT2D eigenvalue weighted by Crippen LogP contribution is -2.61. The first-order chi connectivity index (χ1) is 28.1. The number of rotatable bonds is 7. The number of hydrogen-bond acceptors (Lipinski definition) is 15. The molecule has 0 bridgehead atoms. The summed E-state index contributed by atoms with van der Waals surface area (Å²) in [6, 6.07) is 4.20. The number of thiophene rings is 1. The molecule has 4 aliphatic heterocycles. The van der Waals surface area contributed by atoms with Gasteiger partial charge in [0.2, 0.25) is 0 Å². The maximum Gasteiger partial charge on any atom is 0.351 e. The van der Waals surface area contributed by atoms with Crippen molar-refractivity contribution in [3.63, 3.8) is 0 Å². The van der Waals surface area contributed by atoms with Gasteiger partial charge in [0.05, 0.1) is 27.6 Å². The number of alkyl halides is 1. The highest BCUT2D eigenvalue weighted by molar-refractivity contribution is 7.15. The molecule has 14 nitrogen and oxygen atoms in total. The van der Waals surface area contributed by atoms with Crippen LogP contribution in [0.1, 0.15) is 79.5 Å². The molecule has 0 aliphatic carbocycles. The summed E-state index contributed by atoms with van der Waals surface area (Å²) in [6.45, 7) is 12.6. The smallest absolute Gasteiger partial charge is 0.351 e. The fourth-order valence-corrected chi connectivity index (χ4v) is 11.1. The Morgan fingerprint density at radius 2 is 1.75 bits per heavy atom. The van der Waals surface area contributed by atoms with Crippen molar-refractivity contribution in [2.45, 2.75) is 134 Å². The van der Waals surface area contributed by atoms with Crippen molar-refractivity contribution < 1.29 is 52.4 Å². The van der Waals surface area contributed by atoms with Gasteiger partial charge in [-0.3, -0.25) is 19.3 Å². The van der Waals surface area contributed by atoms with E-state index in [1.807, 2.05) is 38.1 Å². The first-order valence-corrected chi connectivity index (χ1v) is 21.5. The standard InChI is InChI=1S/C44H59FN4O10S/c1-12-30-44(8)33-31(38(53)59-44)49(11)23-41(33,5)34(51)24(2)22-42(6,55-20-13-15-27-16-17-29(60-27)37-46-18-14-19-47-37)36(26(4)35(52)43(7,45)40(54)57-30)58-39-32(50)28(48(9)10)21-25(3)56-39/h14,16-19,24-26,28,30-33,36,39,50H,12,20-23H2,1-11H3/t24-,25-,26+,28+,30-,31-,32-,33-,36-,39+,41-,42+,43-,44-/m1/s1. The third-order valence-corrected chi connectivity index (χ3v) is 14.2. The SMILES string of the molecule is CC[C@H]1OC(=O)[C@](C)(F)C(=O)[C@H](C)[C@@H](O[C@@H]2O[C@H](C)C[C@H](N(C)C)[C@H]2O)[C@@](C)(OCC#Cc2ccc(-c3ncccn3)s2)C[C@@H](C)C(=O)[C@]2(C)CN(C)[C@H]3C(=O)O[C@@]1(C)[C@H]32. The number of hydrogen-bond donors (Lipinski definition) is 1. The van der Waals surface area contributed by atoms with Crippen LogP contribution in [-0.4, -0.2) is 142 Å². The molecule has 14 atom stereocenters. The van der Waals surface area contributed by atoms with E-state index >= 15 is 9.18 Å². The molecule has 0 unspecified atom stereocenters. The van der Waals surface area contributed by atoms with Crippen molar-refractivity contribution in [3.8, 4) is 22.5 Å². The van der Waals surface area contributed by atoms with Gasteiger partial charge in [-0.05, 0) is 86.3 Å². The van der Waals surface area contributed by atoms with E-state index in [4.69, 9.17) is 23.7 Å². The van der Waals surface area contributed by atoms with Crippen LogP contribution in [0.2, 0.25) is 0 Å². The predicted octanol–water partition coefficient (Wildman–Crippen LogP) is 4.26. The van der Waals surface area contributed by atoms with Gasteiger partial charge in [0.15, 0.2) is 23.5 Å². The highest BCUT2D eigenvalue weighted by atomic mass is 32.1. The van der Waals surface area contributed by atoms with Gasteiger partial charge < -0.3 is 33.7 Å². The summed E-state index contributed by atoms with van der Waals surface area (Å²) >= 11 is 1.39. The van der Waals surface area contributed by atoms with Gasteiger partial charge >= 0.3 is 11.9 Å². The first-order valence-electron chi connectivity index (χ1n) is 20.7. The number of esters is 2. The Bertz CT molecular complexity index is 2010. The van der Waals surface area contributed by atoms with Crippen LogP contribution in [0.4, 0.5) is 4.39 Å². The molecule has 4 aliphatic rings. The number of halogens is 1. The largest absolute Gasteiger partial charge is 0.455 e. The topological polar surface area (TPSA) is 167 Å². The normalized spacial score (nSPS) is 40.4. The first kappa shape index (κ1) is 45.8. The van der Waals surface area contributed by atoms with Crippen LogP contribution >= 0.6 is 11.3 Å². The highest BCUT2D eigenvalue weighted by Crippen LogP contribution is 2.56. The van der Waals surface area contributed by atoms with Crippen molar-refractivity contribution >= 4 is 34.8 Å². The van der Waals surface area contributed by atoms with Crippen LogP contribution in [-0.2, 0) is 42.9 Å². The number of aliphatic hydroxyl groups excluding tert-OH is 1. The molecule has 0 saturated carbocycles. The fourth-order valence-electron chi connectivity index (χ4n) is 10.3. The number of ketones is 2. The summed E-state index contributed by atoms with van der Waals surface area (Å²) in [5, 5.41) is 11.6. The van der Waals surface area contributed by atoms with Gasteiger partial charge in [0, 0.05) is 48.1 Å². The summed E-state index contributed by atoms with van der Waals surface area (Å²) in [7, 11) is 5.38. The van der Waals surface area contributed by atoms with Gasteiger partial charge in [-0.1, -0.05) is 39.5 Å². The summed E-state index contributed by atoms with van der Waals surface area (Å²) in [4.78, 5) is 71.0. The molecular formula is C44H59FN4O10S. The Balaban J connectivity index is 1.44. The average Bonchev–Trinajstić information content (AvgIpc) is 3.87. The van der Waals surface area contributed by atoms with Crippen LogP contribution in [0.5, 0.6) is 0 Å². The van der Waals surface area contributed by atoms with Crippen LogP contribution < -0.4 is 0 Å². The minimum Gasteiger partial charge on any atom is -0.455 e. The molecule has 6 rings (SSSR count). The Morgan fingerprint density at radius 3 is 2.40 bits per heavy atom. The quantitative estimate of drug-likeness (QED) is 0.239. The molecule has 0 aromatic carbocycles. The second-order valence-corrected chi connectivity index (χ2v) is 19.1. The molecule has 6 heterocycles. The Kier molecular flexibility index (Phi) is 13.2. The number of carbonyl (C=O) groups excluding carboxylic acids is 4. The number of carbonyl (C=O) groups is 4. The third-order valence-electron chi connectivity index (χ3n) is 13.2. The van der Waals surface area contributed by atoms with Crippen molar-refractivity contribution in [2.24, 2.45) is 23.2 Å². The number of ether oxygens (including phenoxy) is 5. The van der Waals surface area contributed by atoms with Gasteiger partial charge in [-0.2, -0.15) is 0 Å². The van der Waals surface area contributed by atoms with Crippen molar-refractivity contribution in [2.75, 3.05) is 34.3 Å². The van der Waals surface area contributed by atoms with E-state index in [1.54, 1.807) is 65.0 Å². The van der Waals surface area contributed by atoms with Gasteiger partial charge in [0.1, 0.15) is 30.6 Å². The molecule has 0 amide bonds. The van der Waals surface area contributed by atoms with E-state index in [1.165, 1.54) is 18.3 Å². The molecule has 4 saturated heterocycles. The summed E-state index contributed by atoms with van der Waals surface area (Å²) in [6.07, 6.45) is -1.64. The van der Waals surface area contributed by atoms with Gasteiger partial charge in [-0.15, -0.1) is 11.3 Å². The minimum absolute atomic E-state index is 0.0629. The minimum atomic E-state index is -3.21. The van der Waals surface area contributed by atoms with Crippen LogP contribution in [0, 0.1) is 35.0 Å². The van der Waals surface area contributed by atoms with E-state index in [0.29, 0.717) is 17.1 Å². The number of likely N-dealkylation sites (tertiary alicyclic amines) is 1. The average molecular weight is 855 g/mol. The molecule has 2 aromatic rings. The number of nitrogens with zero attached hydrogens (tertiary/aromatic N) is 4. The lowest BCUT2D eigenvalue weighted by atomic mass is 9.62. The molecule has 2 aromatic heterocycles. The summed E-state index contributed by atoms with van der Waals surface area (Å²) < 4.78 is 48.5. The molecule has 1 N–H and O–H groups in total. The maximum atomic E-state index is 17.1. The van der Waals surface area contributed by atoms with Crippen LogP contribution in [0.25, 0.3) is 10.7 Å². The maximum absolute atomic E-state index is 17.1. The zero-order chi connectivity index (χ0) is 44.1. The van der Waals surface area contributed by atoms with Crippen molar-refractivity contribution in [1.82, 2.24) is 19.8 Å². The Labute approximate surface area is 355 Å². The Morgan fingerprint density at radius 1 is 1.07 bits per heavy atom. The fraction of sp³-hybridized carbons (Fsp3) is 0.682. The zero-order valence-corrected chi connectivity index (χ0v) is 37.2. The second-order valence-electron chi connectivity index (χ2n) is 18.1. The third kappa shape index (κ3) is 8.31. The lowest BCUT2D eigenvalue weighted by molar-refractivity contribution is -0.296. The predicted molar refractivity (Wildman–Crippen MR) is 219 cm³/mol. The molecule has 0 spiro atoms. The number of Topliss-reactive ketones (excluding diaryl/α,β-unsaturated/α-hetero) is 2. The number of aromatic nitrogens is 2. The zero-order valence-electron chi connectivity index (χ0n) is 36.4. The van der Waals surface area contributed by atoms with E-state index in [9.17, 15) is 19.5 Å². The summed E-state index contributed by atoms with van der Waals surface area (Å²) in [5.41, 5.74) is -7.55. The van der Waals surface area contributed by atoms with E-state index in [-0.39, 0.29) is 37.9 Å². The molecule has 0 radical (unpaired) electrons. The van der Waals surface area contributed by atoms with E-state index < -0.39 is 94.4 Å². The van der Waals surface area contributed by atoms with Crippen LogP contribution in [0.15, 0.2) is 30.6 Å². The molecule has 16 heteroatoms. The number of aliphatic hydroxyl groups is 1. The lowest BCUT2D eigenvalue weighted by Gasteiger charge is -2.48. The van der Waals surface area contributed by atoms with Crippen LogP contribution in [0.3, 0.4) is 0 Å². The van der Waals surface area contributed by atoms with Gasteiger partial charge in [0.25, 0.3) is 5.67 Å². The van der Waals surface area contributed by atoms with E-state index in [0.717, 1.165) is 11.8 Å². The number of likely N-dealkylation sites (N-methyl/N-ethyl adjacent to an activating group) is 2. The molecular weight excluding hydrogens is 796 g/mol. The summed E-state index contributed by atoms with van der Waals surface area (Å²) in [5.74, 6) is 0.275. The number of cyclic esters (lactones) is 1. The van der Waals surface area contributed by atoms with E-state index in [2.05, 4.69) is 21.8 Å². The van der Waals surface area contributed by atoms with Crippen molar-refractivity contribution in [1.29, 1.82) is 0 Å².